The summed E-state index contributed by atoms with van der Waals surface area (Å²) in [5, 5.41) is 10.0. The summed E-state index contributed by atoms with van der Waals surface area (Å²) in [5.74, 6) is 0. The molecule has 20 heavy (non-hydrogen) atoms. The highest BCUT2D eigenvalue weighted by Crippen LogP contribution is 2.18. The standard InChI is InChI=1S/C13H26N4O2S/c1-6-7-14-8-11-10(2)16-17-12(11)20(18,19)15-9-13(3,4)5/h14-15H,6-9H2,1-5H3,(H,16,17). The number of sulfonamides is 1. The third-order valence-corrected chi connectivity index (χ3v) is 4.18. The van der Waals surface area contributed by atoms with Crippen molar-refractivity contribution in [2.45, 2.75) is 52.6 Å². The Morgan fingerprint density at radius 3 is 2.50 bits per heavy atom. The lowest BCUT2D eigenvalue weighted by atomic mass is 9.98. The van der Waals surface area contributed by atoms with Crippen LogP contribution < -0.4 is 10.0 Å². The Kier molecular flexibility index (Phi) is 5.73. The Labute approximate surface area is 121 Å². The van der Waals surface area contributed by atoms with Gasteiger partial charge in [0.25, 0.3) is 10.0 Å². The summed E-state index contributed by atoms with van der Waals surface area (Å²) >= 11 is 0. The second kappa shape index (κ2) is 6.69. The first-order valence-corrected chi connectivity index (χ1v) is 8.40. The van der Waals surface area contributed by atoms with Crippen molar-refractivity contribution < 1.29 is 8.42 Å². The molecule has 116 valence electrons. The van der Waals surface area contributed by atoms with E-state index in [2.05, 4.69) is 27.2 Å². The smallest absolute Gasteiger partial charge is 0.260 e. The molecule has 1 heterocycles. The molecule has 0 saturated carbocycles. The highest BCUT2D eigenvalue weighted by molar-refractivity contribution is 7.89. The molecule has 6 nitrogen and oxygen atoms in total. The van der Waals surface area contributed by atoms with Crippen LogP contribution in [0.1, 0.15) is 45.4 Å². The summed E-state index contributed by atoms with van der Waals surface area (Å²) in [7, 11) is -3.57. The number of aromatic amines is 1. The van der Waals surface area contributed by atoms with Crippen LogP contribution >= 0.6 is 0 Å². The molecule has 0 spiro atoms. The van der Waals surface area contributed by atoms with E-state index in [0.29, 0.717) is 18.7 Å². The van der Waals surface area contributed by atoms with Gasteiger partial charge in [0.2, 0.25) is 0 Å². The first-order valence-electron chi connectivity index (χ1n) is 6.91. The lowest BCUT2D eigenvalue weighted by Crippen LogP contribution is -2.33. The van der Waals surface area contributed by atoms with Gasteiger partial charge in [-0.1, -0.05) is 27.7 Å². The van der Waals surface area contributed by atoms with E-state index in [-0.39, 0.29) is 10.4 Å². The number of nitrogens with one attached hydrogen (secondary N) is 3. The molecule has 7 heteroatoms. The minimum atomic E-state index is -3.57. The van der Waals surface area contributed by atoms with Gasteiger partial charge in [-0.2, -0.15) is 5.10 Å². The fourth-order valence-corrected chi connectivity index (χ4v) is 3.11. The molecule has 0 amide bonds. The summed E-state index contributed by atoms with van der Waals surface area (Å²) in [4.78, 5) is 0. The zero-order valence-corrected chi connectivity index (χ0v) is 13.8. The summed E-state index contributed by atoms with van der Waals surface area (Å²) in [6.07, 6.45) is 1.00. The molecule has 0 fully saturated rings. The van der Waals surface area contributed by atoms with Crippen molar-refractivity contribution in [1.82, 2.24) is 20.2 Å². The van der Waals surface area contributed by atoms with Crippen LogP contribution in [0.5, 0.6) is 0 Å². The molecule has 0 saturated heterocycles. The number of nitrogens with zero attached hydrogens (tertiary/aromatic N) is 1. The molecule has 0 radical (unpaired) electrons. The lowest BCUT2D eigenvalue weighted by Gasteiger charge is -2.18. The average Bonchev–Trinajstić information content (AvgIpc) is 2.69. The Hall–Kier alpha value is -0.920. The van der Waals surface area contributed by atoms with E-state index in [9.17, 15) is 8.42 Å². The fourth-order valence-electron chi connectivity index (χ4n) is 1.63. The first-order chi connectivity index (χ1) is 9.17. The monoisotopic (exact) mass is 302 g/mol. The van der Waals surface area contributed by atoms with E-state index in [1.54, 1.807) is 0 Å². The molecule has 0 aliphatic carbocycles. The second-order valence-electron chi connectivity index (χ2n) is 6.19. The quantitative estimate of drug-likeness (QED) is 0.667. The highest BCUT2D eigenvalue weighted by Gasteiger charge is 2.25. The second-order valence-corrected chi connectivity index (χ2v) is 7.88. The maximum Gasteiger partial charge on any atom is 0.260 e. The summed E-state index contributed by atoms with van der Waals surface area (Å²) in [6, 6.07) is 0. The van der Waals surface area contributed by atoms with Gasteiger partial charge in [0.05, 0.1) is 0 Å². The number of hydrogen-bond donors (Lipinski definition) is 3. The molecule has 0 aromatic carbocycles. The summed E-state index contributed by atoms with van der Waals surface area (Å²) in [6.45, 7) is 11.6. The van der Waals surface area contributed by atoms with Gasteiger partial charge in [0, 0.05) is 24.3 Å². The number of aromatic nitrogens is 2. The Morgan fingerprint density at radius 1 is 1.30 bits per heavy atom. The van der Waals surface area contributed by atoms with Crippen molar-refractivity contribution in [3.05, 3.63) is 11.3 Å². The predicted molar refractivity (Wildman–Crippen MR) is 80.0 cm³/mol. The third kappa shape index (κ3) is 4.88. The Morgan fingerprint density at radius 2 is 1.95 bits per heavy atom. The van der Waals surface area contributed by atoms with Crippen LogP contribution in [0.4, 0.5) is 0 Å². The Bertz CT molecular complexity index is 529. The average molecular weight is 302 g/mol. The van der Waals surface area contributed by atoms with E-state index in [1.807, 2.05) is 27.7 Å². The van der Waals surface area contributed by atoms with Crippen LogP contribution in [0, 0.1) is 12.3 Å². The minimum Gasteiger partial charge on any atom is -0.313 e. The SMILES string of the molecule is CCCNCc1c(S(=O)(=O)NCC(C)(C)C)n[nH]c1C. The topological polar surface area (TPSA) is 86.9 Å². The Balaban J connectivity index is 2.89. The van der Waals surface area contributed by atoms with Gasteiger partial charge in [-0.3, -0.25) is 5.10 Å². The molecule has 1 rings (SSSR count). The van der Waals surface area contributed by atoms with Gasteiger partial charge in [0.15, 0.2) is 5.03 Å². The minimum absolute atomic E-state index is 0.0999. The molecular weight excluding hydrogens is 276 g/mol. The van der Waals surface area contributed by atoms with Crippen LogP contribution in [-0.2, 0) is 16.6 Å². The molecule has 3 N–H and O–H groups in total. The lowest BCUT2D eigenvalue weighted by molar-refractivity contribution is 0.407. The number of H-pyrrole nitrogens is 1. The molecule has 0 aliphatic heterocycles. The van der Waals surface area contributed by atoms with Crippen LogP contribution in [0.3, 0.4) is 0 Å². The zero-order valence-electron chi connectivity index (χ0n) is 13.0. The van der Waals surface area contributed by atoms with Gasteiger partial charge < -0.3 is 5.32 Å². The molecule has 0 bridgehead atoms. The van der Waals surface area contributed by atoms with Crippen molar-refractivity contribution in [3.8, 4) is 0 Å². The van der Waals surface area contributed by atoms with Gasteiger partial charge in [-0.25, -0.2) is 13.1 Å². The molecule has 1 aromatic heterocycles. The number of rotatable bonds is 7. The van der Waals surface area contributed by atoms with Crippen molar-refractivity contribution >= 4 is 10.0 Å². The normalized spacial score (nSPS) is 12.8. The maximum atomic E-state index is 12.3. The van der Waals surface area contributed by atoms with Crippen molar-refractivity contribution in [3.63, 3.8) is 0 Å². The van der Waals surface area contributed by atoms with Crippen LogP contribution in [0.15, 0.2) is 5.03 Å². The third-order valence-electron chi connectivity index (χ3n) is 2.81. The molecule has 0 unspecified atom stereocenters. The van der Waals surface area contributed by atoms with Gasteiger partial charge in [0.1, 0.15) is 0 Å². The van der Waals surface area contributed by atoms with Crippen molar-refractivity contribution in [2.75, 3.05) is 13.1 Å². The molecule has 0 atom stereocenters. The van der Waals surface area contributed by atoms with E-state index in [0.717, 1.165) is 18.7 Å². The zero-order chi connectivity index (χ0) is 15.4. The van der Waals surface area contributed by atoms with Gasteiger partial charge in [-0.15, -0.1) is 0 Å². The van der Waals surface area contributed by atoms with Crippen LogP contribution in [0.25, 0.3) is 0 Å². The summed E-state index contributed by atoms with van der Waals surface area (Å²) in [5.41, 5.74) is 1.38. The van der Waals surface area contributed by atoms with E-state index >= 15 is 0 Å². The van der Waals surface area contributed by atoms with E-state index in [1.165, 1.54) is 0 Å². The highest BCUT2D eigenvalue weighted by atomic mass is 32.2. The number of hydrogen-bond acceptors (Lipinski definition) is 4. The van der Waals surface area contributed by atoms with E-state index in [4.69, 9.17) is 0 Å². The molecular formula is C13H26N4O2S. The summed E-state index contributed by atoms with van der Waals surface area (Å²) < 4.78 is 27.3. The van der Waals surface area contributed by atoms with Crippen molar-refractivity contribution in [2.24, 2.45) is 5.41 Å². The maximum absolute atomic E-state index is 12.3. The van der Waals surface area contributed by atoms with Crippen LogP contribution in [0.2, 0.25) is 0 Å². The largest absolute Gasteiger partial charge is 0.313 e. The van der Waals surface area contributed by atoms with Gasteiger partial charge >= 0.3 is 0 Å². The van der Waals surface area contributed by atoms with E-state index < -0.39 is 10.0 Å². The van der Waals surface area contributed by atoms with Gasteiger partial charge in [-0.05, 0) is 25.3 Å². The first kappa shape index (κ1) is 17.1. The van der Waals surface area contributed by atoms with Crippen molar-refractivity contribution in [1.29, 1.82) is 0 Å². The fraction of sp³-hybridized carbons (Fsp3) is 0.769. The molecule has 1 aromatic rings. The molecule has 0 aliphatic rings. The number of aryl methyl sites for hydroxylation is 1. The van der Waals surface area contributed by atoms with Crippen LogP contribution in [-0.4, -0.2) is 31.7 Å². The predicted octanol–water partition coefficient (Wildman–Crippen LogP) is 1.54.